The van der Waals surface area contributed by atoms with Crippen LogP contribution in [-0.4, -0.2) is 29.9 Å². The topological polar surface area (TPSA) is 57.6 Å². The van der Waals surface area contributed by atoms with Gasteiger partial charge in [0.2, 0.25) is 0 Å². The Bertz CT molecular complexity index is 840. The van der Waals surface area contributed by atoms with Crippen LogP contribution in [0.5, 0.6) is 0 Å². The van der Waals surface area contributed by atoms with Gasteiger partial charge in [-0.3, -0.25) is 9.59 Å². The van der Waals surface area contributed by atoms with Crippen molar-refractivity contribution in [2.24, 2.45) is 0 Å². The zero-order valence-corrected chi connectivity index (χ0v) is 13.1. The minimum Gasteiger partial charge on any atom is -0.480 e. The van der Waals surface area contributed by atoms with Gasteiger partial charge < -0.3 is 10.0 Å². The normalized spacial score (nSPS) is 15.5. The third kappa shape index (κ3) is 3.06. The smallest absolute Gasteiger partial charge is 0.323 e. The Balaban J connectivity index is 2.06. The maximum atomic E-state index is 13.0. The van der Waals surface area contributed by atoms with Crippen molar-refractivity contribution in [1.82, 2.24) is 0 Å². The minimum absolute atomic E-state index is 0.125. The highest BCUT2D eigenvalue weighted by Crippen LogP contribution is 2.33. The van der Waals surface area contributed by atoms with Crippen LogP contribution >= 0.6 is 0 Å². The Morgan fingerprint density at radius 2 is 1.96 bits per heavy atom. The number of carboxylic acids is 1. The number of fused-ring (bicyclic) bond motifs is 1. The van der Waals surface area contributed by atoms with Crippen molar-refractivity contribution >= 4 is 23.5 Å². The number of halogens is 1. The maximum Gasteiger partial charge on any atom is 0.323 e. The molecule has 0 aromatic heterocycles. The van der Waals surface area contributed by atoms with Crippen molar-refractivity contribution in [3.63, 3.8) is 0 Å². The van der Waals surface area contributed by atoms with E-state index < -0.39 is 5.97 Å². The predicted octanol–water partition coefficient (Wildman–Crippen LogP) is 3.31. The second-order valence-corrected chi connectivity index (χ2v) is 5.77. The lowest BCUT2D eigenvalue weighted by Crippen LogP contribution is -2.38. The van der Waals surface area contributed by atoms with Crippen LogP contribution in [0.15, 0.2) is 48.0 Å². The molecule has 0 radical (unpaired) electrons. The van der Waals surface area contributed by atoms with E-state index in [1.54, 1.807) is 35.2 Å². The fraction of sp³-hybridized carbons (Fsp3) is 0.158. The highest BCUT2D eigenvalue weighted by atomic mass is 19.1. The number of aliphatic carboxylic acids is 1. The van der Waals surface area contributed by atoms with Crippen molar-refractivity contribution < 1.29 is 19.1 Å². The third-order valence-corrected chi connectivity index (χ3v) is 3.99. The molecule has 1 N–H and O–H groups in total. The van der Waals surface area contributed by atoms with E-state index in [2.05, 4.69) is 0 Å². The second kappa shape index (κ2) is 6.28. The van der Waals surface area contributed by atoms with Gasteiger partial charge in [0.05, 0.1) is 5.69 Å². The van der Waals surface area contributed by atoms with Gasteiger partial charge in [-0.25, -0.2) is 4.39 Å². The summed E-state index contributed by atoms with van der Waals surface area (Å²) in [6, 6.07) is 11.2. The molecule has 0 unspecified atom stereocenters. The van der Waals surface area contributed by atoms with Crippen molar-refractivity contribution in [1.29, 1.82) is 0 Å². The monoisotopic (exact) mass is 325 g/mol. The number of anilines is 1. The summed E-state index contributed by atoms with van der Waals surface area (Å²) in [5.74, 6) is -1.43. The van der Waals surface area contributed by atoms with Crippen molar-refractivity contribution in [2.75, 3.05) is 18.0 Å². The van der Waals surface area contributed by atoms with Crippen molar-refractivity contribution in [3.8, 4) is 0 Å². The van der Waals surface area contributed by atoms with Crippen LogP contribution in [0, 0.1) is 12.7 Å². The van der Waals surface area contributed by atoms with E-state index in [0.29, 0.717) is 22.4 Å². The number of rotatable bonds is 3. The van der Waals surface area contributed by atoms with Crippen LogP contribution in [0.2, 0.25) is 0 Å². The van der Waals surface area contributed by atoms with Gasteiger partial charge in [0, 0.05) is 17.7 Å². The summed E-state index contributed by atoms with van der Waals surface area (Å²) in [5, 5.41) is 9.17. The SMILES string of the molecule is Cc1cccc2c1N(CC(=O)O)C/C(=C\c1ccc(F)cc1)C2=O. The van der Waals surface area contributed by atoms with Gasteiger partial charge in [-0.1, -0.05) is 24.3 Å². The van der Waals surface area contributed by atoms with Gasteiger partial charge in [0.1, 0.15) is 12.4 Å². The van der Waals surface area contributed by atoms with E-state index in [4.69, 9.17) is 5.11 Å². The number of hydrogen-bond acceptors (Lipinski definition) is 3. The largest absolute Gasteiger partial charge is 0.480 e. The van der Waals surface area contributed by atoms with Crippen LogP contribution in [-0.2, 0) is 4.79 Å². The number of hydrogen-bond donors (Lipinski definition) is 1. The molecule has 122 valence electrons. The highest BCUT2D eigenvalue weighted by molar-refractivity contribution is 6.17. The lowest BCUT2D eigenvalue weighted by Gasteiger charge is -2.32. The van der Waals surface area contributed by atoms with Crippen molar-refractivity contribution in [3.05, 3.63) is 70.5 Å². The summed E-state index contributed by atoms with van der Waals surface area (Å²) >= 11 is 0. The molecule has 1 aliphatic rings. The number of carbonyl (C=O) groups is 2. The van der Waals surface area contributed by atoms with E-state index in [1.165, 1.54) is 12.1 Å². The first kappa shape index (κ1) is 15.9. The molecule has 24 heavy (non-hydrogen) atoms. The Morgan fingerprint density at radius 3 is 2.62 bits per heavy atom. The number of Topliss-reactive ketones (excluding diaryl/α,β-unsaturated/α-hetero) is 1. The van der Waals surface area contributed by atoms with Gasteiger partial charge >= 0.3 is 5.97 Å². The number of carbonyl (C=O) groups excluding carboxylic acids is 1. The standard InChI is InChI=1S/C19H16FNO3/c1-12-3-2-4-16-18(12)21(11-17(22)23)10-14(19(16)24)9-13-5-7-15(20)8-6-13/h2-9H,10-11H2,1H3,(H,22,23)/b14-9+. The highest BCUT2D eigenvalue weighted by Gasteiger charge is 2.29. The first-order chi connectivity index (χ1) is 11.5. The predicted molar refractivity (Wildman–Crippen MR) is 89.7 cm³/mol. The summed E-state index contributed by atoms with van der Waals surface area (Å²) in [4.78, 5) is 25.6. The third-order valence-electron chi connectivity index (χ3n) is 3.99. The molecule has 5 heteroatoms. The molecule has 0 saturated carbocycles. The molecule has 1 aliphatic heterocycles. The molecule has 0 bridgehead atoms. The van der Waals surface area contributed by atoms with E-state index in [1.807, 2.05) is 13.0 Å². The fourth-order valence-electron chi connectivity index (χ4n) is 2.96. The Kier molecular flexibility index (Phi) is 4.16. The molecule has 0 amide bonds. The first-order valence-corrected chi connectivity index (χ1v) is 7.53. The summed E-state index contributed by atoms with van der Waals surface area (Å²) in [6.45, 7) is 1.88. The molecule has 0 saturated heterocycles. The molecule has 4 nitrogen and oxygen atoms in total. The number of aryl methyl sites for hydroxylation is 1. The average molecular weight is 325 g/mol. The minimum atomic E-state index is -0.959. The van der Waals surface area contributed by atoms with Gasteiger partial charge in [-0.15, -0.1) is 0 Å². The number of carboxylic acid groups (broad SMARTS) is 1. The molecule has 0 fully saturated rings. The molecule has 3 rings (SSSR count). The number of para-hydroxylation sites is 1. The summed E-state index contributed by atoms with van der Waals surface area (Å²) in [7, 11) is 0. The van der Waals surface area contributed by atoms with E-state index in [0.717, 1.165) is 5.56 Å². The molecular formula is C19H16FNO3. The van der Waals surface area contributed by atoms with E-state index in [9.17, 15) is 14.0 Å². The molecule has 2 aromatic rings. The van der Waals surface area contributed by atoms with Crippen LogP contribution in [0.3, 0.4) is 0 Å². The first-order valence-electron chi connectivity index (χ1n) is 7.53. The average Bonchev–Trinajstić information content (AvgIpc) is 2.53. The number of nitrogens with zero attached hydrogens (tertiary/aromatic N) is 1. The zero-order chi connectivity index (χ0) is 17.3. The van der Waals surface area contributed by atoms with Crippen LogP contribution in [0.4, 0.5) is 10.1 Å². The molecule has 0 aliphatic carbocycles. The van der Waals surface area contributed by atoms with Crippen molar-refractivity contribution in [2.45, 2.75) is 6.92 Å². The van der Waals surface area contributed by atoms with Gasteiger partial charge in [-0.2, -0.15) is 0 Å². The lowest BCUT2D eigenvalue weighted by molar-refractivity contribution is -0.135. The Labute approximate surface area is 138 Å². The Hall–Kier alpha value is -2.95. The number of benzene rings is 2. The van der Waals surface area contributed by atoms with Gasteiger partial charge in [-0.05, 0) is 42.3 Å². The number of ketones is 1. The quantitative estimate of drug-likeness (QED) is 0.880. The Morgan fingerprint density at radius 1 is 1.25 bits per heavy atom. The summed E-state index contributed by atoms with van der Waals surface area (Å²) in [6.07, 6.45) is 1.68. The summed E-state index contributed by atoms with van der Waals surface area (Å²) < 4.78 is 13.0. The fourth-order valence-corrected chi connectivity index (χ4v) is 2.96. The molecule has 0 atom stereocenters. The van der Waals surface area contributed by atoms with Crippen LogP contribution in [0.1, 0.15) is 21.5 Å². The molecule has 0 spiro atoms. The zero-order valence-electron chi connectivity index (χ0n) is 13.1. The molecular weight excluding hydrogens is 309 g/mol. The van der Waals surface area contributed by atoms with Crippen LogP contribution < -0.4 is 4.90 Å². The van der Waals surface area contributed by atoms with E-state index >= 15 is 0 Å². The molecule has 1 heterocycles. The maximum absolute atomic E-state index is 13.0. The van der Waals surface area contributed by atoms with Gasteiger partial charge in [0.25, 0.3) is 0 Å². The van der Waals surface area contributed by atoms with Crippen LogP contribution in [0.25, 0.3) is 6.08 Å². The lowest BCUT2D eigenvalue weighted by atomic mass is 9.92. The van der Waals surface area contributed by atoms with Gasteiger partial charge in [0.15, 0.2) is 5.78 Å². The second-order valence-electron chi connectivity index (χ2n) is 5.77. The van der Waals surface area contributed by atoms with E-state index in [-0.39, 0.29) is 24.7 Å². The molecule has 2 aromatic carbocycles. The summed E-state index contributed by atoms with van der Waals surface area (Å²) in [5.41, 5.74) is 3.21.